The van der Waals surface area contributed by atoms with E-state index in [4.69, 9.17) is 0 Å². The molecule has 1 heterocycles. The molecule has 2 aliphatic carbocycles. The quantitative estimate of drug-likeness (QED) is 0.838. The minimum Gasteiger partial charge on any atom is -0.392 e. The number of nitrogens with zero attached hydrogens (tertiary/aromatic N) is 2. The third-order valence-electron chi connectivity index (χ3n) is 3.86. The van der Waals surface area contributed by atoms with Gasteiger partial charge < -0.3 is 10.0 Å². The third-order valence-corrected chi connectivity index (χ3v) is 3.86. The molecule has 0 saturated heterocycles. The van der Waals surface area contributed by atoms with E-state index in [0.29, 0.717) is 0 Å². The highest BCUT2D eigenvalue weighted by molar-refractivity contribution is 5.43. The van der Waals surface area contributed by atoms with Crippen LogP contribution in [0.3, 0.4) is 0 Å². The maximum atomic E-state index is 9.31. The number of aromatic nitrogens is 1. The zero-order valence-electron chi connectivity index (χ0n) is 11.1. The van der Waals surface area contributed by atoms with Gasteiger partial charge in [0.15, 0.2) is 0 Å². The van der Waals surface area contributed by atoms with Gasteiger partial charge in [0, 0.05) is 18.8 Å². The molecule has 0 atom stereocenters. The van der Waals surface area contributed by atoms with E-state index >= 15 is 0 Å². The van der Waals surface area contributed by atoms with Gasteiger partial charge in [0.05, 0.1) is 6.61 Å². The molecule has 0 spiro atoms. The summed E-state index contributed by atoms with van der Waals surface area (Å²) < 4.78 is 0. The summed E-state index contributed by atoms with van der Waals surface area (Å²) in [6.45, 7) is 4.42. The van der Waals surface area contributed by atoms with E-state index < -0.39 is 0 Å². The minimum absolute atomic E-state index is 0.108. The molecule has 0 bridgehead atoms. The largest absolute Gasteiger partial charge is 0.392 e. The molecular formula is C15H22N2O. The first-order chi connectivity index (χ1) is 8.74. The van der Waals surface area contributed by atoms with Crippen LogP contribution in [0.25, 0.3) is 0 Å². The number of anilines is 1. The average molecular weight is 246 g/mol. The maximum absolute atomic E-state index is 9.31. The van der Waals surface area contributed by atoms with Gasteiger partial charge in [-0.1, -0.05) is 0 Å². The van der Waals surface area contributed by atoms with Gasteiger partial charge in [0.2, 0.25) is 0 Å². The molecule has 98 valence electrons. The van der Waals surface area contributed by atoms with Crippen LogP contribution in [-0.2, 0) is 6.61 Å². The minimum atomic E-state index is 0.108. The molecule has 0 amide bonds. The lowest BCUT2D eigenvalue weighted by Crippen LogP contribution is -2.29. The van der Waals surface area contributed by atoms with Crippen LogP contribution in [0.5, 0.6) is 0 Å². The van der Waals surface area contributed by atoms with E-state index in [1.54, 1.807) is 0 Å². The Balaban J connectivity index is 1.79. The van der Waals surface area contributed by atoms with Crippen LogP contribution in [0.1, 0.15) is 36.9 Å². The van der Waals surface area contributed by atoms with Gasteiger partial charge in [-0.25, -0.2) is 4.98 Å². The predicted molar refractivity (Wildman–Crippen MR) is 72.6 cm³/mol. The van der Waals surface area contributed by atoms with Gasteiger partial charge in [0.25, 0.3) is 0 Å². The van der Waals surface area contributed by atoms with Crippen LogP contribution >= 0.6 is 0 Å². The lowest BCUT2D eigenvalue weighted by molar-refractivity contribution is 0.281. The highest BCUT2D eigenvalue weighted by Gasteiger charge is 2.29. The predicted octanol–water partition coefficient (Wildman–Crippen LogP) is 2.51. The molecule has 18 heavy (non-hydrogen) atoms. The fourth-order valence-electron chi connectivity index (χ4n) is 2.46. The Morgan fingerprint density at radius 2 is 1.78 bits per heavy atom. The standard InChI is InChI=1S/C15H22N2O/c1-11-6-14(10-18)7-15(16-11)17(8-12-2-3-12)9-13-4-5-13/h6-7,12-13,18H,2-5,8-10H2,1H3. The molecule has 2 aliphatic rings. The average Bonchev–Trinajstić information content (AvgIpc) is 3.22. The topological polar surface area (TPSA) is 36.4 Å². The first-order valence-electron chi connectivity index (χ1n) is 7.08. The van der Waals surface area contributed by atoms with Crippen molar-refractivity contribution in [3.05, 3.63) is 23.4 Å². The first kappa shape index (κ1) is 12.0. The lowest BCUT2D eigenvalue weighted by atomic mass is 10.2. The number of rotatable bonds is 6. The maximum Gasteiger partial charge on any atom is 0.129 e. The Hall–Kier alpha value is -1.09. The van der Waals surface area contributed by atoms with E-state index in [-0.39, 0.29) is 6.61 Å². The molecule has 1 N–H and O–H groups in total. The fourth-order valence-corrected chi connectivity index (χ4v) is 2.46. The Morgan fingerprint density at radius 1 is 1.17 bits per heavy atom. The van der Waals surface area contributed by atoms with Crippen LogP contribution in [-0.4, -0.2) is 23.2 Å². The van der Waals surface area contributed by atoms with Crippen LogP contribution in [0.2, 0.25) is 0 Å². The van der Waals surface area contributed by atoms with Crippen molar-refractivity contribution in [3.63, 3.8) is 0 Å². The monoisotopic (exact) mass is 246 g/mol. The Labute approximate surface area is 109 Å². The van der Waals surface area contributed by atoms with Crippen molar-refractivity contribution in [2.75, 3.05) is 18.0 Å². The van der Waals surface area contributed by atoms with Gasteiger partial charge in [-0.15, -0.1) is 0 Å². The summed E-state index contributed by atoms with van der Waals surface area (Å²) in [5.74, 6) is 2.82. The van der Waals surface area contributed by atoms with Crippen molar-refractivity contribution >= 4 is 5.82 Å². The summed E-state index contributed by atoms with van der Waals surface area (Å²) in [7, 11) is 0. The zero-order chi connectivity index (χ0) is 12.5. The number of hydrogen-bond acceptors (Lipinski definition) is 3. The summed E-state index contributed by atoms with van der Waals surface area (Å²) in [4.78, 5) is 7.10. The highest BCUT2D eigenvalue weighted by atomic mass is 16.3. The number of aliphatic hydroxyl groups is 1. The fraction of sp³-hybridized carbons (Fsp3) is 0.667. The zero-order valence-corrected chi connectivity index (χ0v) is 11.1. The third kappa shape index (κ3) is 3.02. The molecule has 2 saturated carbocycles. The van der Waals surface area contributed by atoms with Crippen molar-refractivity contribution < 1.29 is 5.11 Å². The summed E-state index contributed by atoms with van der Waals surface area (Å²) >= 11 is 0. The van der Waals surface area contributed by atoms with Gasteiger partial charge in [-0.05, 0) is 62.1 Å². The van der Waals surface area contributed by atoms with Gasteiger partial charge >= 0.3 is 0 Å². The van der Waals surface area contributed by atoms with Crippen LogP contribution in [0.4, 0.5) is 5.82 Å². The SMILES string of the molecule is Cc1cc(CO)cc(N(CC2CC2)CC2CC2)n1. The molecule has 3 nitrogen and oxygen atoms in total. The van der Waals surface area contributed by atoms with Crippen LogP contribution < -0.4 is 4.90 Å². The Kier molecular flexibility index (Phi) is 3.25. The first-order valence-corrected chi connectivity index (χ1v) is 7.08. The lowest BCUT2D eigenvalue weighted by Gasteiger charge is -2.24. The molecular weight excluding hydrogens is 224 g/mol. The second-order valence-electron chi connectivity index (χ2n) is 5.92. The summed E-state index contributed by atoms with van der Waals surface area (Å²) in [6, 6.07) is 4.02. The molecule has 3 heteroatoms. The molecule has 0 aromatic carbocycles. The molecule has 2 fully saturated rings. The van der Waals surface area contributed by atoms with E-state index in [2.05, 4.69) is 16.0 Å². The molecule has 0 radical (unpaired) electrons. The highest BCUT2D eigenvalue weighted by Crippen LogP contribution is 2.35. The number of hydrogen-bond donors (Lipinski definition) is 1. The van der Waals surface area contributed by atoms with Crippen molar-refractivity contribution in [2.45, 2.75) is 39.2 Å². The molecule has 0 aliphatic heterocycles. The number of aliphatic hydroxyl groups excluding tert-OH is 1. The Morgan fingerprint density at radius 3 is 2.28 bits per heavy atom. The normalized spacial score (nSPS) is 19.0. The second kappa shape index (κ2) is 4.88. The van der Waals surface area contributed by atoms with E-state index in [0.717, 1.165) is 42.0 Å². The molecule has 1 aromatic heterocycles. The second-order valence-corrected chi connectivity index (χ2v) is 5.92. The Bertz CT molecular complexity index is 411. The van der Waals surface area contributed by atoms with E-state index in [9.17, 15) is 5.11 Å². The van der Waals surface area contributed by atoms with Crippen molar-refractivity contribution in [1.82, 2.24) is 4.98 Å². The van der Waals surface area contributed by atoms with E-state index in [1.807, 2.05) is 13.0 Å². The van der Waals surface area contributed by atoms with Gasteiger partial charge in [0.1, 0.15) is 5.82 Å². The summed E-state index contributed by atoms with van der Waals surface area (Å²) in [5.41, 5.74) is 1.99. The van der Waals surface area contributed by atoms with Crippen molar-refractivity contribution in [2.24, 2.45) is 11.8 Å². The molecule has 0 unspecified atom stereocenters. The number of pyridine rings is 1. The smallest absolute Gasteiger partial charge is 0.129 e. The van der Waals surface area contributed by atoms with E-state index in [1.165, 1.54) is 25.7 Å². The van der Waals surface area contributed by atoms with Gasteiger partial charge in [-0.2, -0.15) is 0 Å². The summed E-state index contributed by atoms with van der Waals surface area (Å²) in [6.07, 6.45) is 5.50. The van der Waals surface area contributed by atoms with Crippen molar-refractivity contribution in [1.29, 1.82) is 0 Å². The molecule has 1 aromatic rings. The van der Waals surface area contributed by atoms with Crippen molar-refractivity contribution in [3.8, 4) is 0 Å². The van der Waals surface area contributed by atoms with Crippen LogP contribution in [0, 0.1) is 18.8 Å². The summed E-state index contributed by atoms with van der Waals surface area (Å²) in [5, 5.41) is 9.31. The molecule has 3 rings (SSSR count). The van der Waals surface area contributed by atoms with Crippen LogP contribution in [0.15, 0.2) is 12.1 Å². The van der Waals surface area contributed by atoms with Gasteiger partial charge in [-0.3, -0.25) is 0 Å². The number of aryl methyl sites for hydroxylation is 1.